The van der Waals surface area contributed by atoms with E-state index in [-0.39, 0.29) is 11.6 Å². The first-order valence-electron chi connectivity index (χ1n) is 5.14. The van der Waals surface area contributed by atoms with Gasteiger partial charge in [-0.1, -0.05) is 21.0 Å². The van der Waals surface area contributed by atoms with Gasteiger partial charge in [-0.25, -0.2) is 0 Å². The Hall–Kier alpha value is -1.19. The van der Waals surface area contributed by atoms with Crippen molar-refractivity contribution in [1.82, 2.24) is 0 Å². The summed E-state index contributed by atoms with van der Waals surface area (Å²) in [6.45, 7) is 4.22. The van der Waals surface area contributed by atoms with E-state index in [0.717, 1.165) is 22.1 Å². The third-order valence-corrected chi connectivity index (χ3v) is 3.23. The fourth-order valence-corrected chi connectivity index (χ4v) is 2.48. The molecule has 1 aliphatic rings. The van der Waals surface area contributed by atoms with Crippen LogP contribution in [-0.2, 0) is 0 Å². The van der Waals surface area contributed by atoms with Crippen LogP contribution in [0.3, 0.4) is 0 Å². The predicted octanol–water partition coefficient (Wildman–Crippen LogP) is 4.39. The first kappa shape index (κ1) is 11.3. The summed E-state index contributed by atoms with van der Waals surface area (Å²) in [4.78, 5) is 2.94. The molecular formula is C11H13BrN4. The number of nitrogens with one attached hydrogen (secondary N) is 1. The van der Waals surface area contributed by atoms with Gasteiger partial charge in [0.15, 0.2) is 0 Å². The highest BCUT2D eigenvalue weighted by Gasteiger charge is 2.30. The minimum absolute atomic E-state index is 0.0420. The van der Waals surface area contributed by atoms with Crippen molar-refractivity contribution in [3.05, 3.63) is 38.7 Å². The van der Waals surface area contributed by atoms with Crippen molar-refractivity contribution < 1.29 is 0 Å². The predicted molar refractivity (Wildman–Crippen MR) is 68.3 cm³/mol. The van der Waals surface area contributed by atoms with Gasteiger partial charge in [0.05, 0.1) is 6.04 Å². The number of halogens is 1. The maximum atomic E-state index is 8.61. The van der Waals surface area contributed by atoms with Gasteiger partial charge in [0.25, 0.3) is 0 Å². The van der Waals surface area contributed by atoms with Crippen LogP contribution >= 0.6 is 15.9 Å². The largest absolute Gasteiger partial charge is 0.380 e. The monoisotopic (exact) mass is 280 g/mol. The summed E-state index contributed by atoms with van der Waals surface area (Å²) in [7, 11) is 0. The third-order valence-electron chi connectivity index (χ3n) is 2.74. The van der Waals surface area contributed by atoms with Crippen LogP contribution in [0.4, 0.5) is 5.69 Å². The molecule has 0 aromatic heterocycles. The average Bonchev–Trinajstić information content (AvgIpc) is 2.18. The second-order valence-electron chi connectivity index (χ2n) is 4.67. The van der Waals surface area contributed by atoms with Crippen molar-refractivity contribution in [1.29, 1.82) is 0 Å². The molecule has 0 bridgehead atoms. The van der Waals surface area contributed by atoms with Gasteiger partial charge in [-0.3, -0.25) is 0 Å². The lowest BCUT2D eigenvalue weighted by atomic mass is 9.86. The SMILES string of the molecule is CC1(C)CC(N=[N+]=[N-])c2cc(Br)ccc2N1. The Bertz CT molecular complexity index is 463. The third kappa shape index (κ3) is 2.15. The quantitative estimate of drug-likeness (QED) is 0.463. The Morgan fingerprint density at radius 1 is 1.56 bits per heavy atom. The van der Waals surface area contributed by atoms with E-state index in [9.17, 15) is 0 Å². The minimum Gasteiger partial charge on any atom is -0.380 e. The lowest BCUT2D eigenvalue weighted by molar-refractivity contribution is 0.443. The first-order chi connectivity index (χ1) is 7.52. The maximum Gasteiger partial charge on any atom is 0.0667 e. The maximum absolute atomic E-state index is 8.61. The van der Waals surface area contributed by atoms with E-state index in [4.69, 9.17) is 5.53 Å². The molecule has 0 fully saturated rings. The van der Waals surface area contributed by atoms with Crippen LogP contribution in [0, 0.1) is 0 Å². The van der Waals surface area contributed by atoms with Gasteiger partial charge in [-0.2, -0.15) is 0 Å². The highest BCUT2D eigenvalue weighted by atomic mass is 79.9. The van der Waals surface area contributed by atoms with Crippen LogP contribution in [0.25, 0.3) is 10.4 Å². The Labute approximate surface area is 103 Å². The van der Waals surface area contributed by atoms with Crippen LogP contribution in [0.2, 0.25) is 0 Å². The summed E-state index contributed by atoms with van der Waals surface area (Å²) >= 11 is 3.43. The van der Waals surface area contributed by atoms with E-state index in [2.05, 4.69) is 45.1 Å². The summed E-state index contributed by atoms with van der Waals surface area (Å²) in [5.41, 5.74) is 10.7. The summed E-state index contributed by atoms with van der Waals surface area (Å²) < 4.78 is 1.01. The zero-order chi connectivity index (χ0) is 11.8. The second-order valence-corrected chi connectivity index (χ2v) is 5.58. The van der Waals surface area contributed by atoms with E-state index in [1.807, 2.05) is 18.2 Å². The van der Waals surface area contributed by atoms with E-state index in [0.29, 0.717) is 0 Å². The van der Waals surface area contributed by atoms with Gasteiger partial charge in [-0.15, -0.1) is 0 Å². The molecule has 2 rings (SSSR count). The van der Waals surface area contributed by atoms with Crippen molar-refractivity contribution in [2.75, 3.05) is 5.32 Å². The molecule has 84 valence electrons. The van der Waals surface area contributed by atoms with Gasteiger partial charge >= 0.3 is 0 Å². The normalized spacial score (nSPS) is 21.6. The standard InChI is InChI=1S/C11H13BrN4/c1-11(2)6-10(15-16-13)8-5-7(12)3-4-9(8)14-11/h3-5,10,14H,6H2,1-2H3. The molecule has 0 saturated carbocycles. The fraction of sp³-hybridized carbons (Fsp3) is 0.455. The van der Waals surface area contributed by atoms with Gasteiger partial charge in [0, 0.05) is 20.6 Å². The van der Waals surface area contributed by atoms with Gasteiger partial charge in [-0.05, 0) is 49.6 Å². The highest BCUT2D eigenvalue weighted by molar-refractivity contribution is 9.10. The molecule has 0 amide bonds. The van der Waals surface area contributed by atoms with Crippen molar-refractivity contribution in [3.8, 4) is 0 Å². The van der Waals surface area contributed by atoms with Crippen LogP contribution in [0.15, 0.2) is 27.8 Å². The van der Waals surface area contributed by atoms with Crippen LogP contribution in [0.5, 0.6) is 0 Å². The second kappa shape index (κ2) is 4.00. The van der Waals surface area contributed by atoms with Crippen LogP contribution < -0.4 is 5.32 Å². The van der Waals surface area contributed by atoms with Crippen molar-refractivity contribution >= 4 is 21.6 Å². The molecule has 1 aliphatic heterocycles. The molecular weight excluding hydrogens is 268 g/mol. The summed E-state index contributed by atoms with van der Waals surface area (Å²) in [5, 5.41) is 7.33. The zero-order valence-electron chi connectivity index (χ0n) is 9.24. The molecule has 1 heterocycles. The number of anilines is 1. The molecule has 16 heavy (non-hydrogen) atoms. The lowest BCUT2D eigenvalue weighted by Gasteiger charge is -2.37. The average molecular weight is 281 g/mol. The number of benzene rings is 1. The molecule has 1 aromatic rings. The fourth-order valence-electron chi connectivity index (χ4n) is 2.10. The van der Waals surface area contributed by atoms with E-state index >= 15 is 0 Å². The molecule has 5 heteroatoms. The smallest absolute Gasteiger partial charge is 0.0667 e. The number of hydrogen-bond donors (Lipinski definition) is 1. The van der Waals surface area contributed by atoms with Crippen molar-refractivity contribution in [2.45, 2.75) is 31.8 Å². The highest BCUT2D eigenvalue weighted by Crippen LogP contribution is 2.40. The molecule has 0 saturated heterocycles. The van der Waals surface area contributed by atoms with Crippen molar-refractivity contribution in [2.24, 2.45) is 5.11 Å². The van der Waals surface area contributed by atoms with Gasteiger partial charge < -0.3 is 5.32 Å². The number of nitrogens with zero attached hydrogens (tertiary/aromatic N) is 3. The van der Waals surface area contributed by atoms with E-state index in [1.54, 1.807) is 0 Å². The molecule has 4 nitrogen and oxygen atoms in total. The Morgan fingerprint density at radius 2 is 2.31 bits per heavy atom. The van der Waals surface area contributed by atoms with E-state index in [1.165, 1.54) is 0 Å². The van der Waals surface area contributed by atoms with E-state index < -0.39 is 0 Å². The Balaban J connectivity index is 2.51. The number of azide groups is 1. The molecule has 0 spiro atoms. The zero-order valence-corrected chi connectivity index (χ0v) is 10.8. The molecule has 1 N–H and O–H groups in total. The number of rotatable bonds is 1. The first-order valence-corrected chi connectivity index (χ1v) is 5.93. The summed E-state index contributed by atoms with van der Waals surface area (Å²) in [6, 6.07) is 5.92. The molecule has 1 unspecified atom stereocenters. The van der Waals surface area contributed by atoms with Gasteiger partial charge in [0.2, 0.25) is 0 Å². The Kier molecular flexibility index (Phi) is 2.82. The van der Waals surface area contributed by atoms with Crippen LogP contribution in [0.1, 0.15) is 31.9 Å². The summed E-state index contributed by atoms with van der Waals surface area (Å²) in [6.07, 6.45) is 0.806. The lowest BCUT2D eigenvalue weighted by Crippen LogP contribution is -2.36. The minimum atomic E-state index is -0.0891. The molecule has 0 aliphatic carbocycles. The van der Waals surface area contributed by atoms with Crippen LogP contribution in [-0.4, -0.2) is 5.54 Å². The molecule has 1 aromatic carbocycles. The number of hydrogen-bond acceptors (Lipinski definition) is 2. The Morgan fingerprint density at radius 3 is 3.00 bits per heavy atom. The summed E-state index contributed by atoms with van der Waals surface area (Å²) in [5.74, 6) is 0. The number of fused-ring (bicyclic) bond motifs is 1. The topological polar surface area (TPSA) is 60.8 Å². The molecule has 1 atom stereocenters. The molecule has 0 radical (unpaired) electrons. The van der Waals surface area contributed by atoms with Crippen molar-refractivity contribution in [3.63, 3.8) is 0 Å². The van der Waals surface area contributed by atoms with Gasteiger partial charge in [0.1, 0.15) is 0 Å².